The van der Waals surface area contributed by atoms with Crippen molar-refractivity contribution in [1.82, 2.24) is 10.2 Å². The SMILES string of the molecule is CN1C[C@H](C(=O)NCc2ccccc2N2CCCC2)CC1=O. The summed E-state index contributed by atoms with van der Waals surface area (Å²) in [6, 6.07) is 8.25. The van der Waals surface area contributed by atoms with Crippen LogP contribution in [0, 0.1) is 5.92 Å². The molecule has 118 valence electrons. The lowest BCUT2D eigenvalue weighted by molar-refractivity contribution is -0.128. The number of nitrogens with zero attached hydrogens (tertiary/aromatic N) is 2. The van der Waals surface area contributed by atoms with Crippen molar-refractivity contribution >= 4 is 17.5 Å². The monoisotopic (exact) mass is 301 g/mol. The number of anilines is 1. The fourth-order valence-electron chi connectivity index (χ4n) is 3.29. The van der Waals surface area contributed by atoms with Crippen molar-refractivity contribution in [3.63, 3.8) is 0 Å². The Labute approximate surface area is 131 Å². The number of likely N-dealkylation sites (tertiary alicyclic amines) is 1. The van der Waals surface area contributed by atoms with Crippen LogP contribution in [0.4, 0.5) is 5.69 Å². The van der Waals surface area contributed by atoms with Crippen LogP contribution in [-0.2, 0) is 16.1 Å². The lowest BCUT2D eigenvalue weighted by Gasteiger charge is -2.22. The van der Waals surface area contributed by atoms with E-state index in [9.17, 15) is 9.59 Å². The topological polar surface area (TPSA) is 52.7 Å². The molecule has 22 heavy (non-hydrogen) atoms. The molecule has 2 aliphatic rings. The van der Waals surface area contributed by atoms with Crippen molar-refractivity contribution in [3.05, 3.63) is 29.8 Å². The summed E-state index contributed by atoms with van der Waals surface area (Å²) >= 11 is 0. The highest BCUT2D eigenvalue weighted by Gasteiger charge is 2.31. The Hall–Kier alpha value is -2.04. The van der Waals surface area contributed by atoms with Gasteiger partial charge in [-0.15, -0.1) is 0 Å². The van der Waals surface area contributed by atoms with Gasteiger partial charge in [-0.3, -0.25) is 9.59 Å². The third-order valence-corrected chi connectivity index (χ3v) is 4.60. The van der Waals surface area contributed by atoms with Crippen LogP contribution < -0.4 is 10.2 Å². The van der Waals surface area contributed by atoms with Crippen LogP contribution in [0.25, 0.3) is 0 Å². The molecule has 2 heterocycles. The van der Waals surface area contributed by atoms with Crippen LogP contribution in [-0.4, -0.2) is 43.4 Å². The molecule has 3 rings (SSSR count). The molecule has 0 spiro atoms. The molecule has 0 radical (unpaired) electrons. The second-order valence-electron chi connectivity index (χ2n) is 6.22. The number of hydrogen-bond acceptors (Lipinski definition) is 3. The maximum Gasteiger partial charge on any atom is 0.225 e. The number of carbonyl (C=O) groups excluding carboxylic acids is 2. The number of hydrogen-bond donors (Lipinski definition) is 1. The highest BCUT2D eigenvalue weighted by molar-refractivity contribution is 5.89. The molecule has 2 saturated heterocycles. The Kier molecular flexibility index (Phi) is 4.32. The van der Waals surface area contributed by atoms with Crippen molar-refractivity contribution in [2.75, 3.05) is 31.6 Å². The van der Waals surface area contributed by atoms with Crippen molar-refractivity contribution in [1.29, 1.82) is 0 Å². The van der Waals surface area contributed by atoms with Gasteiger partial charge < -0.3 is 15.1 Å². The van der Waals surface area contributed by atoms with Gasteiger partial charge in [-0.2, -0.15) is 0 Å². The largest absolute Gasteiger partial charge is 0.371 e. The van der Waals surface area contributed by atoms with E-state index in [2.05, 4.69) is 22.3 Å². The first-order valence-electron chi connectivity index (χ1n) is 7.99. The predicted octanol–water partition coefficient (Wildman–Crippen LogP) is 1.38. The van der Waals surface area contributed by atoms with Gasteiger partial charge in [0.05, 0.1) is 5.92 Å². The number of para-hydroxylation sites is 1. The summed E-state index contributed by atoms with van der Waals surface area (Å²) in [4.78, 5) is 27.8. The van der Waals surface area contributed by atoms with Crippen LogP contribution in [0.3, 0.4) is 0 Å². The summed E-state index contributed by atoms with van der Waals surface area (Å²) in [5.41, 5.74) is 2.37. The molecule has 1 atom stereocenters. The van der Waals surface area contributed by atoms with Crippen LogP contribution in [0.15, 0.2) is 24.3 Å². The number of carbonyl (C=O) groups is 2. The minimum atomic E-state index is -0.212. The molecule has 5 heteroatoms. The molecule has 1 aromatic rings. The van der Waals surface area contributed by atoms with Gasteiger partial charge in [0.25, 0.3) is 0 Å². The molecule has 1 N–H and O–H groups in total. The van der Waals surface area contributed by atoms with Crippen molar-refractivity contribution in [2.24, 2.45) is 5.92 Å². The van der Waals surface area contributed by atoms with Crippen molar-refractivity contribution < 1.29 is 9.59 Å². The van der Waals surface area contributed by atoms with E-state index in [4.69, 9.17) is 0 Å². The standard InChI is InChI=1S/C17H23N3O2/c1-19-12-14(10-16(19)21)17(22)18-11-13-6-2-3-7-15(13)20-8-4-5-9-20/h2-3,6-7,14H,4-5,8-12H2,1H3,(H,18,22)/t14-/m1/s1. The Balaban J connectivity index is 1.62. The van der Waals surface area contributed by atoms with E-state index >= 15 is 0 Å². The third kappa shape index (κ3) is 3.08. The van der Waals surface area contributed by atoms with Crippen LogP contribution in [0.2, 0.25) is 0 Å². The Morgan fingerprint density at radius 2 is 2.00 bits per heavy atom. The first-order chi connectivity index (χ1) is 10.6. The van der Waals surface area contributed by atoms with Gasteiger partial charge in [0.2, 0.25) is 11.8 Å². The minimum absolute atomic E-state index is 0.0195. The highest BCUT2D eigenvalue weighted by Crippen LogP contribution is 2.24. The Morgan fingerprint density at radius 3 is 2.68 bits per heavy atom. The molecular formula is C17H23N3O2. The number of rotatable bonds is 4. The predicted molar refractivity (Wildman–Crippen MR) is 85.5 cm³/mol. The molecular weight excluding hydrogens is 278 g/mol. The quantitative estimate of drug-likeness (QED) is 0.914. The van der Waals surface area contributed by atoms with E-state index in [1.165, 1.54) is 18.5 Å². The fourth-order valence-corrected chi connectivity index (χ4v) is 3.29. The second kappa shape index (κ2) is 6.38. The van der Waals surface area contributed by atoms with Gasteiger partial charge in [-0.25, -0.2) is 0 Å². The molecule has 0 bridgehead atoms. The van der Waals surface area contributed by atoms with Crippen LogP contribution >= 0.6 is 0 Å². The molecule has 5 nitrogen and oxygen atoms in total. The van der Waals surface area contributed by atoms with E-state index in [-0.39, 0.29) is 17.7 Å². The summed E-state index contributed by atoms with van der Waals surface area (Å²) < 4.78 is 0. The molecule has 0 aliphatic carbocycles. The highest BCUT2D eigenvalue weighted by atomic mass is 16.2. The lowest BCUT2D eigenvalue weighted by Crippen LogP contribution is -2.32. The van der Waals surface area contributed by atoms with Gasteiger partial charge in [0.1, 0.15) is 0 Å². The molecule has 2 amide bonds. The van der Waals surface area contributed by atoms with E-state index < -0.39 is 0 Å². The molecule has 1 aromatic carbocycles. The number of benzene rings is 1. The number of amides is 2. The fraction of sp³-hybridized carbons (Fsp3) is 0.529. The van der Waals surface area contributed by atoms with Gasteiger partial charge in [0, 0.05) is 45.3 Å². The summed E-state index contributed by atoms with van der Waals surface area (Å²) in [5, 5.41) is 3.00. The first-order valence-corrected chi connectivity index (χ1v) is 7.99. The third-order valence-electron chi connectivity index (χ3n) is 4.60. The Morgan fingerprint density at radius 1 is 1.27 bits per heavy atom. The molecule has 0 aromatic heterocycles. The average molecular weight is 301 g/mol. The van der Waals surface area contributed by atoms with Crippen LogP contribution in [0.1, 0.15) is 24.8 Å². The number of nitrogens with one attached hydrogen (secondary N) is 1. The summed E-state index contributed by atoms with van der Waals surface area (Å²) in [7, 11) is 1.75. The van der Waals surface area contributed by atoms with Crippen LogP contribution in [0.5, 0.6) is 0 Å². The van der Waals surface area contributed by atoms with E-state index in [1.54, 1.807) is 11.9 Å². The van der Waals surface area contributed by atoms with Crippen molar-refractivity contribution in [3.8, 4) is 0 Å². The molecule has 0 unspecified atom stereocenters. The minimum Gasteiger partial charge on any atom is -0.371 e. The Bertz CT molecular complexity index is 567. The maximum atomic E-state index is 12.2. The van der Waals surface area contributed by atoms with Gasteiger partial charge >= 0.3 is 0 Å². The van der Waals surface area contributed by atoms with Gasteiger partial charge in [0.15, 0.2) is 0 Å². The molecule has 0 saturated carbocycles. The zero-order valence-corrected chi connectivity index (χ0v) is 13.0. The normalized spacial score (nSPS) is 21.5. The molecule has 2 aliphatic heterocycles. The summed E-state index contributed by atoms with van der Waals surface area (Å²) in [5.74, 6) is -0.178. The zero-order valence-electron chi connectivity index (χ0n) is 13.0. The van der Waals surface area contributed by atoms with E-state index in [0.717, 1.165) is 18.7 Å². The zero-order chi connectivity index (χ0) is 15.5. The van der Waals surface area contributed by atoms with E-state index in [1.807, 2.05) is 12.1 Å². The summed E-state index contributed by atoms with van der Waals surface area (Å²) in [6.07, 6.45) is 2.80. The lowest BCUT2D eigenvalue weighted by atomic mass is 10.1. The van der Waals surface area contributed by atoms with Crippen molar-refractivity contribution in [2.45, 2.75) is 25.8 Å². The van der Waals surface area contributed by atoms with E-state index in [0.29, 0.717) is 19.5 Å². The van der Waals surface area contributed by atoms with Gasteiger partial charge in [-0.05, 0) is 24.5 Å². The second-order valence-corrected chi connectivity index (χ2v) is 6.22. The smallest absolute Gasteiger partial charge is 0.225 e. The molecule has 2 fully saturated rings. The maximum absolute atomic E-state index is 12.2. The average Bonchev–Trinajstić information content (AvgIpc) is 3.16. The van der Waals surface area contributed by atoms with Gasteiger partial charge in [-0.1, -0.05) is 18.2 Å². The summed E-state index contributed by atoms with van der Waals surface area (Å²) in [6.45, 7) is 3.23. The first kappa shape index (κ1) is 14.9.